The molecule has 1 aromatic carbocycles. The molecule has 0 aliphatic carbocycles. The van der Waals surface area contributed by atoms with Crippen molar-refractivity contribution in [1.82, 2.24) is 10.8 Å². The van der Waals surface area contributed by atoms with Crippen LogP contribution in [0.25, 0.3) is 6.08 Å². The summed E-state index contributed by atoms with van der Waals surface area (Å²) in [6, 6.07) is 7.94. The van der Waals surface area contributed by atoms with Crippen LogP contribution in [0.2, 0.25) is 0 Å². The highest BCUT2D eigenvalue weighted by Gasteiger charge is 2.01. The van der Waals surface area contributed by atoms with Crippen molar-refractivity contribution in [2.45, 2.75) is 46.6 Å². The standard InChI is InChI=1S/C22H30N2O2.C3H6.CH3FO/c1-4-6-9-21(5-2)18(3)8-7-16-23-17-20-12-10-19(11-13-20)14-15-22(25)24-26;1-3-2;2-1-3/h4-6,10-15,23,26H,3,7-9,16-17H2,1-2H3,(H,24,25);3H,1H2,2H3;3H,1H2/b6-4?,15-14+,21-5-;;. The van der Waals surface area contributed by atoms with Gasteiger partial charge in [0.15, 0.2) is 6.86 Å². The summed E-state index contributed by atoms with van der Waals surface area (Å²) in [5.41, 5.74) is 6.21. The van der Waals surface area contributed by atoms with Crippen molar-refractivity contribution in [3.63, 3.8) is 0 Å². The van der Waals surface area contributed by atoms with Gasteiger partial charge in [-0.1, -0.05) is 60.7 Å². The highest BCUT2D eigenvalue weighted by Crippen LogP contribution is 2.17. The molecule has 0 radical (unpaired) electrons. The van der Waals surface area contributed by atoms with Crippen molar-refractivity contribution in [2.24, 2.45) is 0 Å². The number of amides is 1. The van der Waals surface area contributed by atoms with E-state index in [2.05, 4.69) is 43.6 Å². The number of alkyl halides is 1. The Bertz CT molecular complexity index is 723. The molecule has 0 fully saturated rings. The highest BCUT2D eigenvalue weighted by molar-refractivity contribution is 5.90. The van der Waals surface area contributed by atoms with Gasteiger partial charge in [0, 0.05) is 12.6 Å². The molecule has 0 saturated heterocycles. The van der Waals surface area contributed by atoms with Gasteiger partial charge in [-0.25, -0.2) is 9.87 Å². The summed E-state index contributed by atoms with van der Waals surface area (Å²) in [5.74, 6) is -0.538. The van der Waals surface area contributed by atoms with E-state index < -0.39 is 12.8 Å². The Morgan fingerprint density at radius 1 is 1.19 bits per heavy atom. The van der Waals surface area contributed by atoms with E-state index in [-0.39, 0.29) is 0 Å². The molecule has 0 unspecified atom stereocenters. The Morgan fingerprint density at radius 2 is 1.78 bits per heavy atom. The summed E-state index contributed by atoms with van der Waals surface area (Å²) < 4.78 is 9.85. The molecule has 1 rings (SSSR count). The smallest absolute Gasteiger partial charge is 0.267 e. The third-order valence-corrected chi connectivity index (χ3v) is 4.05. The van der Waals surface area contributed by atoms with Gasteiger partial charge in [-0.15, -0.1) is 6.58 Å². The molecule has 0 aromatic heterocycles. The Hall–Kier alpha value is -2.80. The fraction of sp³-hybridized carbons (Fsp3) is 0.346. The topological polar surface area (TPSA) is 81.6 Å². The van der Waals surface area contributed by atoms with E-state index in [0.717, 1.165) is 37.9 Å². The maximum Gasteiger partial charge on any atom is 0.267 e. The fourth-order valence-electron chi connectivity index (χ4n) is 2.49. The molecule has 32 heavy (non-hydrogen) atoms. The number of carbonyl (C=O) groups is 1. The monoisotopic (exact) mass is 446 g/mol. The zero-order valence-corrected chi connectivity index (χ0v) is 19.6. The maximum absolute atomic E-state index is 10.9. The predicted molar refractivity (Wildman–Crippen MR) is 133 cm³/mol. The van der Waals surface area contributed by atoms with Crippen LogP contribution >= 0.6 is 0 Å². The van der Waals surface area contributed by atoms with Crippen LogP contribution < -0.4 is 10.8 Å². The number of hydrogen-bond donors (Lipinski definition) is 4. The van der Waals surface area contributed by atoms with Gasteiger partial charge in [-0.2, -0.15) is 0 Å². The number of carbonyl (C=O) groups excluding carboxylic acids is 1. The van der Waals surface area contributed by atoms with Gasteiger partial charge in [-0.3, -0.25) is 10.0 Å². The molecule has 6 heteroatoms. The first-order valence-corrected chi connectivity index (χ1v) is 10.5. The average molecular weight is 447 g/mol. The lowest BCUT2D eigenvalue weighted by Gasteiger charge is -2.10. The minimum atomic E-state index is -1.25. The third-order valence-electron chi connectivity index (χ3n) is 4.05. The van der Waals surface area contributed by atoms with Gasteiger partial charge >= 0.3 is 0 Å². The van der Waals surface area contributed by atoms with Crippen molar-refractivity contribution in [3.05, 3.63) is 90.1 Å². The van der Waals surface area contributed by atoms with E-state index in [1.54, 1.807) is 17.6 Å². The molecule has 0 aliphatic heterocycles. The number of allylic oxidation sites excluding steroid dienone is 6. The molecule has 0 saturated carbocycles. The molecule has 5 nitrogen and oxygen atoms in total. The molecule has 178 valence electrons. The number of benzene rings is 1. The molecule has 0 bridgehead atoms. The van der Waals surface area contributed by atoms with Crippen LogP contribution in [0.3, 0.4) is 0 Å². The fourth-order valence-corrected chi connectivity index (χ4v) is 2.49. The SMILES string of the molecule is C=C(CCCNCc1ccc(/C=C/C(=O)NO)cc1)/C(=C\C)CC=CC.C=CC.OCF. The number of aliphatic hydroxyl groups is 1. The lowest BCUT2D eigenvalue weighted by molar-refractivity contribution is -0.124. The summed E-state index contributed by atoms with van der Waals surface area (Å²) in [6.45, 7) is 14.1. The molecule has 0 spiro atoms. The summed E-state index contributed by atoms with van der Waals surface area (Å²) in [5, 5.41) is 18.8. The van der Waals surface area contributed by atoms with Crippen molar-refractivity contribution >= 4 is 12.0 Å². The minimum Gasteiger partial charge on any atom is -0.366 e. The van der Waals surface area contributed by atoms with Crippen LogP contribution in [0.1, 0.15) is 51.2 Å². The zero-order valence-electron chi connectivity index (χ0n) is 19.6. The normalized spacial score (nSPS) is 10.8. The molecule has 1 amide bonds. The Balaban J connectivity index is 0. The number of aliphatic hydroxyl groups excluding tert-OH is 1. The first-order valence-electron chi connectivity index (χ1n) is 10.5. The average Bonchev–Trinajstić information content (AvgIpc) is 2.79. The van der Waals surface area contributed by atoms with E-state index in [1.807, 2.05) is 38.1 Å². The van der Waals surface area contributed by atoms with Crippen LogP contribution in [0.15, 0.2) is 78.9 Å². The lowest BCUT2D eigenvalue weighted by atomic mass is 9.99. The van der Waals surface area contributed by atoms with Crippen LogP contribution in [0.4, 0.5) is 4.39 Å². The Labute approximate surface area is 192 Å². The van der Waals surface area contributed by atoms with E-state index in [4.69, 9.17) is 10.3 Å². The van der Waals surface area contributed by atoms with Gasteiger partial charge in [0.25, 0.3) is 5.91 Å². The molecule has 0 atom stereocenters. The molecule has 0 heterocycles. The molecular formula is C26H39FN2O3. The van der Waals surface area contributed by atoms with Crippen LogP contribution in [0.5, 0.6) is 0 Å². The summed E-state index contributed by atoms with van der Waals surface area (Å²) >= 11 is 0. The second kappa shape index (κ2) is 22.9. The Morgan fingerprint density at radius 3 is 2.28 bits per heavy atom. The van der Waals surface area contributed by atoms with Crippen molar-refractivity contribution in [3.8, 4) is 0 Å². The highest BCUT2D eigenvalue weighted by atomic mass is 19.1. The quantitative estimate of drug-likeness (QED) is 0.0885. The number of halogens is 1. The van der Waals surface area contributed by atoms with E-state index in [0.29, 0.717) is 0 Å². The van der Waals surface area contributed by atoms with Crippen LogP contribution in [-0.2, 0) is 11.3 Å². The van der Waals surface area contributed by atoms with Gasteiger partial charge in [0.1, 0.15) is 0 Å². The number of rotatable bonds is 11. The van der Waals surface area contributed by atoms with Gasteiger partial charge < -0.3 is 10.4 Å². The molecule has 4 N–H and O–H groups in total. The molecule has 1 aromatic rings. The first kappa shape index (κ1) is 31.4. The van der Waals surface area contributed by atoms with E-state index in [1.165, 1.54) is 22.8 Å². The third kappa shape index (κ3) is 18.0. The number of nitrogens with one attached hydrogen (secondary N) is 2. The number of hydrogen-bond acceptors (Lipinski definition) is 4. The van der Waals surface area contributed by atoms with E-state index >= 15 is 0 Å². The van der Waals surface area contributed by atoms with Crippen molar-refractivity contribution < 1.29 is 19.5 Å². The van der Waals surface area contributed by atoms with E-state index in [9.17, 15) is 9.18 Å². The predicted octanol–water partition coefficient (Wildman–Crippen LogP) is 5.64. The minimum absolute atomic E-state index is 0.538. The lowest BCUT2D eigenvalue weighted by Crippen LogP contribution is -2.15. The van der Waals surface area contributed by atoms with Gasteiger partial charge in [-0.05, 0) is 69.4 Å². The molecule has 0 aliphatic rings. The van der Waals surface area contributed by atoms with Crippen molar-refractivity contribution in [1.29, 1.82) is 0 Å². The number of hydroxylamine groups is 1. The van der Waals surface area contributed by atoms with Gasteiger partial charge in [0.2, 0.25) is 0 Å². The largest absolute Gasteiger partial charge is 0.366 e. The van der Waals surface area contributed by atoms with Gasteiger partial charge in [0.05, 0.1) is 0 Å². The molecular weight excluding hydrogens is 407 g/mol. The van der Waals surface area contributed by atoms with Crippen LogP contribution in [-0.4, -0.2) is 29.6 Å². The Kier molecular flexibility index (Phi) is 22.4. The second-order valence-corrected chi connectivity index (χ2v) is 6.55. The van der Waals surface area contributed by atoms with Crippen LogP contribution in [0, 0.1) is 0 Å². The summed E-state index contributed by atoms with van der Waals surface area (Å²) in [4.78, 5) is 10.9. The summed E-state index contributed by atoms with van der Waals surface area (Å²) in [6.07, 6.45) is 14.1. The second-order valence-electron chi connectivity index (χ2n) is 6.55. The van der Waals surface area contributed by atoms with Crippen molar-refractivity contribution in [2.75, 3.05) is 13.4 Å². The first-order chi connectivity index (χ1) is 15.4. The maximum atomic E-state index is 10.9. The zero-order chi connectivity index (χ0) is 24.6. The summed E-state index contributed by atoms with van der Waals surface area (Å²) in [7, 11) is 0.